The number of rotatable bonds is 6. The van der Waals surface area contributed by atoms with Crippen molar-refractivity contribution in [1.29, 1.82) is 0 Å². The molecule has 114 valence electrons. The van der Waals surface area contributed by atoms with Gasteiger partial charge in [0.2, 0.25) is 0 Å². The third kappa shape index (κ3) is 4.63. The van der Waals surface area contributed by atoms with Crippen LogP contribution in [0.1, 0.15) is 57.2 Å². The molecule has 0 unspecified atom stereocenters. The maximum Gasteiger partial charge on any atom is 0.194 e. The third-order valence-corrected chi connectivity index (χ3v) is 3.07. The molecule has 0 saturated carbocycles. The predicted octanol–water partition coefficient (Wildman–Crippen LogP) is 3.00. The number of nitrogens with one attached hydrogen (secondary N) is 1. The van der Waals surface area contributed by atoms with Crippen LogP contribution in [0, 0.1) is 0 Å². The Labute approximate surface area is 126 Å². The first kappa shape index (κ1) is 15.6. The summed E-state index contributed by atoms with van der Waals surface area (Å²) in [6.45, 7) is 9.82. The molecule has 21 heavy (non-hydrogen) atoms. The van der Waals surface area contributed by atoms with Crippen LogP contribution in [0.15, 0.2) is 23.0 Å². The highest BCUT2D eigenvalue weighted by Crippen LogP contribution is 2.17. The molecule has 2 aromatic rings. The summed E-state index contributed by atoms with van der Waals surface area (Å²) in [5.41, 5.74) is 1.05. The summed E-state index contributed by atoms with van der Waals surface area (Å²) in [4.78, 5) is 13.1. The van der Waals surface area contributed by atoms with Gasteiger partial charge >= 0.3 is 0 Å². The minimum Gasteiger partial charge on any atom is -0.444 e. The van der Waals surface area contributed by atoms with E-state index in [1.807, 2.05) is 12.4 Å². The highest BCUT2D eigenvalue weighted by Gasteiger charge is 2.16. The summed E-state index contributed by atoms with van der Waals surface area (Å²) < 4.78 is 5.62. The first-order chi connectivity index (χ1) is 9.99. The van der Waals surface area contributed by atoms with Crippen molar-refractivity contribution in [2.75, 3.05) is 0 Å². The Morgan fingerprint density at radius 3 is 2.38 bits per heavy atom. The molecule has 5 nitrogen and oxygen atoms in total. The Kier molecular flexibility index (Phi) is 5.07. The lowest BCUT2D eigenvalue weighted by Crippen LogP contribution is -2.17. The van der Waals surface area contributed by atoms with Gasteiger partial charge in [0.05, 0.1) is 12.7 Å². The number of hydrogen-bond donors (Lipinski definition) is 1. The topological polar surface area (TPSA) is 63.8 Å². The van der Waals surface area contributed by atoms with Crippen molar-refractivity contribution in [1.82, 2.24) is 20.3 Å². The van der Waals surface area contributed by atoms with Gasteiger partial charge < -0.3 is 9.73 Å². The van der Waals surface area contributed by atoms with E-state index < -0.39 is 0 Å². The van der Waals surface area contributed by atoms with E-state index in [9.17, 15) is 0 Å². The highest BCUT2D eigenvalue weighted by atomic mass is 16.4. The minimum atomic E-state index is -0.0124. The van der Waals surface area contributed by atoms with Crippen LogP contribution in [0.25, 0.3) is 0 Å². The molecule has 0 atom stereocenters. The molecule has 0 saturated heterocycles. The van der Waals surface area contributed by atoms with Gasteiger partial charge in [-0.1, -0.05) is 27.7 Å². The summed E-state index contributed by atoms with van der Waals surface area (Å²) in [7, 11) is 0. The number of aryl methyl sites for hydroxylation is 1. The fourth-order valence-electron chi connectivity index (χ4n) is 1.92. The van der Waals surface area contributed by atoms with E-state index in [2.05, 4.69) is 48.0 Å². The molecule has 5 heteroatoms. The number of oxazole rings is 1. The molecule has 0 aliphatic rings. The zero-order valence-corrected chi connectivity index (χ0v) is 13.3. The van der Waals surface area contributed by atoms with Gasteiger partial charge in [0.25, 0.3) is 0 Å². The maximum atomic E-state index is 5.62. The molecule has 2 heterocycles. The molecule has 2 rings (SSSR count). The van der Waals surface area contributed by atoms with Crippen LogP contribution >= 0.6 is 0 Å². The fraction of sp³-hybridized carbons (Fsp3) is 0.562. The second kappa shape index (κ2) is 6.80. The fourth-order valence-corrected chi connectivity index (χ4v) is 1.92. The van der Waals surface area contributed by atoms with Crippen LogP contribution in [0.5, 0.6) is 0 Å². The van der Waals surface area contributed by atoms with Crippen LogP contribution in [0.2, 0.25) is 0 Å². The van der Waals surface area contributed by atoms with Crippen molar-refractivity contribution in [3.63, 3.8) is 0 Å². The lowest BCUT2D eigenvalue weighted by molar-refractivity contribution is 0.436. The molecular weight excluding hydrogens is 264 g/mol. The minimum absolute atomic E-state index is 0.0124. The highest BCUT2D eigenvalue weighted by molar-refractivity contribution is 5.09. The molecule has 0 aromatic carbocycles. The molecule has 0 radical (unpaired) electrons. The van der Waals surface area contributed by atoms with E-state index in [1.54, 1.807) is 6.20 Å². The van der Waals surface area contributed by atoms with Gasteiger partial charge in [0.1, 0.15) is 11.6 Å². The second-order valence-corrected chi connectivity index (χ2v) is 6.24. The summed E-state index contributed by atoms with van der Waals surface area (Å²) in [6, 6.07) is 0. The van der Waals surface area contributed by atoms with Gasteiger partial charge in [-0.25, -0.2) is 15.0 Å². The average molecular weight is 288 g/mol. The lowest BCUT2D eigenvalue weighted by Gasteiger charge is -2.16. The van der Waals surface area contributed by atoms with Gasteiger partial charge in [-0.15, -0.1) is 0 Å². The second-order valence-electron chi connectivity index (χ2n) is 6.24. The SMILES string of the molecule is CCCc1ncc(CNCc2cnc(C(C)(C)C)nc2)o1. The molecule has 0 amide bonds. The Bertz CT molecular complexity index is 554. The maximum absolute atomic E-state index is 5.62. The summed E-state index contributed by atoms with van der Waals surface area (Å²) in [5, 5.41) is 3.32. The van der Waals surface area contributed by atoms with Crippen LogP contribution in [-0.2, 0) is 24.9 Å². The zero-order chi connectivity index (χ0) is 15.3. The Balaban J connectivity index is 1.82. The molecular formula is C16H24N4O. The van der Waals surface area contributed by atoms with Gasteiger partial charge in [-0.2, -0.15) is 0 Å². The number of hydrogen-bond acceptors (Lipinski definition) is 5. The Hall–Kier alpha value is -1.75. The molecule has 0 aliphatic heterocycles. The average Bonchev–Trinajstić information content (AvgIpc) is 2.86. The van der Waals surface area contributed by atoms with E-state index in [-0.39, 0.29) is 5.41 Å². The molecule has 2 aromatic heterocycles. The smallest absolute Gasteiger partial charge is 0.194 e. The van der Waals surface area contributed by atoms with Crippen molar-refractivity contribution in [3.05, 3.63) is 41.6 Å². The van der Waals surface area contributed by atoms with Gasteiger partial charge in [0, 0.05) is 36.3 Å². The molecule has 0 fully saturated rings. The van der Waals surface area contributed by atoms with Crippen molar-refractivity contribution in [2.45, 2.75) is 59.0 Å². The molecule has 1 N–H and O–H groups in total. The van der Waals surface area contributed by atoms with Gasteiger partial charge in [0.15, 0.2) is 5.89 Å². The van der Waals surface area contributed by atoms with Crippen molar-refractivity contribution >= 4 is 0 Å². The van der Waals surface area contributed by atoms with Crippen LogP contribution < -0.4 is 5.32 Å². The largest absolute Gasteiger partial charge is 0.444 e. The van der Waals surface area contributed by atoms with E-state index in [1.165, 1.54) is 0 Å². The van der Waals surface area contributed by atoms with Gasteiger partial charge in [-0.05, 0) is 6.42 Å². The first-order valence-electron chi connectivity index (χ1n) is 7.44. The summed E-state index contributed by atoms with van der Waals surface area (Å²) in [6.07, 6.45) is 7.48. The predicted molar refractivity (Wildman–Crippen MR) is 81.8 cm³/mol. The van der Waals surface area contributed by atoms with Crippen molar-refractivity contribution in [3.8, 4) is 0 Å². The Morgan fingerprint density at radius 1 is 1.05 bits per heavy atom. The summed E-state index contributed by atoms with van der Waals surface area (Å²) >= 11 is 0. The Morgan fingerprint density at radius 2 is 1.76 bits per heavy atom. The van der Waals surface area contributed by atoms with Crippen molar-refractivity contribution < 1.29 is 4.42 Å². The quantitative estimate of drug-likeness (QED) is 0.885. The lowest BCUT2D eigenvalue weighted by atomic mass is 9.96. The third-order valence-electron chi connectivity index (χ3n) is 3.07. The first-order valence-corrected chi connectivity index (χ1v) is 7.44. The van der Waals surface area contributed by atoms with Gasteiger partial charge in [-0.3, -0.25) is 0 Å². The van der Waals surface area contributed by atoms with Crippen LogP contribution in [-0.4, -0.2) is 15.0 Å². The van der Waals surface area contributed by atoms with Crippen LogP contribution in [0.3, 0.4) is 0 Å². The zero-order valence-electron chi connectivity index (χ0n) is 13.3. The van der Waals surface area contributed by atoms with E-state index in [0.29, 0.717) is 13.1 Å². The molecule has 0 bridgehead atoms. The summed E-state index contributed by atoms with van der Waals surface area (Å²) in [5.74, 6) is 2.54. The van der Waals surface area contributed by atoms with E-state index >= 15 is 0 Å². The standard InChI is InChI=1S/C16H24N4O/c1-5-6-14-18-11-13(21-14)10-17-7-12-8-19-15(20-9-12)16(2,3)4/h8-9,11,17H,5-7,10H2,1-4H3. The molecule has 0 spiro atoms. The monoisotopic (exact) mass is 288 g/mol. The molecule has 0 aliphatic carbocycles. The van der Waals surface area contributed by atoms with Crippen molar-refractivity contribution in [2.24, 2.45) is 0 Å². The number of nitrogens with zero attached hydrogens (tertiary/aromatic N) is 3. The van der Waals surface area contributed by atoms with E-state index in [0.717, 1.165) is 35.9 Å². The van der Waals surface area contributed by atoms with Crippen LogP contribution in [0.4, 0.5) is 0 Å². The normalized spacial score (nSPS) is 11.8. The number of aromatic nitrogens is 3. The van der Waals surface area contributed by atoms with E-state index in [4.69, 9.17) is 4.42 Å².